The van der Waals surface area contributed by atoms with E-state index in [4.69, 9.17) is 23.2 Å². The Labute approximate surface area is 212 Å². The van der Waals surface area contributed by atoms with Gasteiger partial charge in [0.2, 0.25) is 0 Å². The maximum Gasteiger partial charge on any atom is 0.271 e. The number of rotatable bonds is 2. The van der Waals surface area contributed by atoms with Gasteiger partial charge in [0.1, 0.15) is 0 Å². The highest BCUT2D eigenvalue weighted by Crippen LogP contribution is 2.27. The molecule has 0 aliphatic carbocycles. The van der Waals surface area contributed by atoms with Crippen LogP contribution in [0.5, 0.6) is 0 Å². The zero-order valence-corrected chi connectivity index (χ0v) is 21.5. The van der Waals surface area contributed by atoms with E-state index in [-0.39, 0.29) is 10.7 Å². The number of anilines is 1. The van der Waals surface area contributed by atoms with Gasteiger partial charge < -0.3 is 4.90 Å². The van der Waals surface area contributed by atoms with Crippen molar-refractivity contribution >= 4 is 66.4 Å². The fourth-order valence-electron chi connectivity index (χ4n) is 2.61. The van der Waals surface area contributed by atoms with E-state index in [1.165, 1.54) is 18.2 Å². The van der Waals surface area contributed by atoms with Crippen molar-refractivity contribution < 1.29 is 4.92 Å². The number of hydrogen-bond donors (Lipinski definition) is 0. The largest absolute Gasteiger partial charge is 0.378 e. The minimum Gasteiger partial charge on any atom is -0.378 e. The molecule has 0 amide bonds. The molecular formula is C24H14Br2Cl2N2O2. The number of benzene rings is 3. The summed E-state index contributed by atoms with van der Waals surface area (Å²) in [7, 11) is 3.90. The number of nitro benzene ring substituents is 1. The number of halogens is 4. The topological polar surface area (TPSA) is 46.4 Å². The fourth-order valence-corrected chi connectivity index (χ4v) is 3.94. The summed E-state index contributed by atoms with van der Waals surface area (Å²) in [5, 5.41) is 11.6. The van der Waals surface area contributed by atoms with Crippen LogP contribution in [0.2, 0.25) is 10.0 Å². The van der Waals surface area contributed by atoms with Crippen molar-refractivity contribution in [3.8, 4) is 23.7 Å². The Morgan fingerprint density at radius 3 is 1.69 bits per heavy atom. The highest BCUT2D eigenvalue weighted by molar-refractivity contribution is 9.11. The van der Waals surface area contributed by atoms with Crippen LogP contribution in [-0.2, 0) is 0 Å². The summed E-state index contributed by atoms with van der Waals surface area (Å²) in [4.78, 5) is 12.3. The molecule has 32 heavy (non-hydrogen) atoms. The third-order valence-electron chi connectivity index (χ3n) is 4.35. The average molecular weight is 593 g/mol. The molecule has 0 radical (unpaired) electrons. The van der Waals surface area contributed by atoms with Crippen molar-refractivity contribution in [2.24, 2.45) is 0 Å². The Morgan fingerprint density at radius 1 is 0.781 bits per heavy atom. The number of nitrogens with zero attached hydrogens (tertiary/aromatic N) is 2. The molecule has 0 bridgehead atoms. The first-order chi connectivity index (χ1) is 15.2. The van der Waals surface area contributed by atoms with E-state index in [9.17, 15) is 10.1 Å². The normalized spacial score (nSPS) is 9.94. The van der Waals surface area contributed by atoms with Crippen LogP contribution in [0.25, 0.3) is 0 Å². The number of nitro groups is 1. The van der Waals surface area contributed by atoms with E-state index >= 15 is 0 Å². The Balaban J connectivity index is 1.89. The molecule has 4 nitrogen and oxygen atoms in total. The van der Waals surface area contributed by atoms with Gasteiger partial charge in [-0.2, -0.15) is 0 Å². The Kier molecular flexibility index (Phi) is 7.87. The van der Waals surface area contributed by atoms with Crippen LogP contribution >= 0.6 is 55.1 Å². The second kappa shape index (κ2) is 10.4. The lowest BCUT2D eigenvalue weighted by atomic mass is 10.1. The van der Waals surface area contributed by atoms with Gasteiger partial charge in [0.05, 0.1) is 15.0 Å². The molecule has 0 unspecified atom stereocenters. The summed E-state index contributed by atoms with van der Waals surface area (Å²) < 4.78 is 1.53. The molecule has 0 aliphatic heterocycles. The molecule has 0 saturated carbocycles. The van der Waals surface area contributed by atoms with Crippen LogP contribution in [0.1, 0.15) is 22.3 Å². The van der Waals surface area contributed by atoms with E-state index in [0.717, 1.165) is 25.8 Å². The van der Waals surface area contributed by atoms with Gasteiger partial charge in [-0.1, -0.05) is 46.9 Å². The molecule has 0 atom stereocenters. The summed E-state index contributed by atoms with van der Waals surface area (Å²) in [6, 6.07) is 13.6. The maximum atomic E-state index is 10.8. The van der Waals surface area contributed by atoms with E-state index in [2.05, 4.69) is 55.5 Å². The van der Waals surface area contributed by atoms with Gasteiger partial charge in [0.15, 0.2) is 0 Å². The summed E-state index contributed by atoms with van der Waals surface area (Å²) in [5.74, 6) is 12.2. The molecule has 0 heterocycles. The first kappa shape index (κ1) is 24.2. The summed E-state index contributed by atoms with van der Waals surface area (Å²) in [6.07, 6.45) is 0. The Bertz CT molecular complexity index is 1350. The van der Waals surface area contributed by atoms with E-state index < -0.39 is 4.92 Å². The monoisotopic (exact) mass is 590 g/mol. The molecule has 3 aromatic carbocycles. The molecule has 0 fully saturated rings. The number of hydrogen-bond acceptors (Lipinski definition) is 3. The van der Waals surface area contributed by atoms with E-state index in [1.807, 2.05) is 49.3 Å². The van der Waals surface area contributed by atoms with E-state index in [1.54, 1.807) is 0 Å². The van der Waals surface area contributed by atoms with Gasteiger partial charge in [-0.3, -0.25) is 10.1 Å². The van der Waals surface area contributed by atoms with Gasteiger partial charge in [-0.25, -0.2) is 0 Å². The van der Waals surface area contributed by atoms with Crippen LogP contribution in [-0.4, -0.2) is 19.0 Å². The average Bonchev–Trinajstić information content (AvgIpc) is 2.74. The van der Waals surface area contributed by atoms with Gasteiger partial charge in [-0.15, -0.1) is 0 Å². The quantitative estimate of drug-likeness (QED) is 0.178. The smallest absolute Gasteiger partial charge is 0.271 e. The molecule has 0 N–H and O–H groups in total. The van der Waals surface area contributed by atoms with Gasteiger partial charge in [0, 0.05) is 63.1 Å². The predicted octanol–water partition coefficient (Wildman–Crippen LogP) is 7.29. The van der Waals surface area contributed by atoms with Crippen molar-refractivity contribution in [3.63, 3.8) is 0 Å². The highest BCUT2D eigenvalue weighted by Gasteiger charge is 2.09. The lowest BCUT2D eigenvalue weighted by Crippen LogP contribution is -2.08. The standard InChI is InChI=1S/C24H14Br2Cl2N2O2/c1-29(2)19-9-7-15(23(27)13-19)3-5-17-11-22(26)18(12-21(17)25)6-4-16-8-10-20(30(31)32)14-24(16)28/h7-14H,1-2H3. The van der Waals surface area contributed by atoms with Crippen molar-refractivity contribution in [1.29, 1.82) is 0 Å². The maximum absolute atomic E-state index is 10.8. The van der Waals surface area contributed by atoms with Crippen molar-refractivity contribution in [1.82, 2.24) is 0 Å². The molecule has 8 heteroatoms. The molecule has 3 rings (SSSR count). The van der Waals surface area contributed by atoms with Crippen LogP contribution in [0, 0.1) is 33.8 Å². The minimum atomic E-state index is -0.500. The zero-order chi connectivity index (χ0) is 23.4. The van der Waals surface area contributed by atoms with Crippen LogP contribution in [0.15, 0.2) is 57.5 Å². The lowest BCUT2D eigenvalue weighted by molar-refractivity contribution is -0.384. The highest BCUT2D eigenvalue weighted by atomic mass is 79.9. The van der Waals surface area contributed by atoms with Gasteiger partial charge >= 0.3 is 0 Å². The van der Waals surface area contributed by atoms with Crippen molar-refractivity contribution in [2.45, 2.75) is 0 Å². The molecule has 0 spiro atoms. The molecule has 0 saturated heterocycles. The molecule has 160 valence electrons. The van der Waals surface area contributed by atoms with Crippen LogP contribution in [0.4, 0.5) is 11.4 Å². The van der Waals surface area contributed by atoms with E-state index in [0.29, 0.717) is 16.1 Å². The second-order valence-corrected chi connectivity index (χ2v) is 9.31. The molecule has 3 aromatic rings. The first-order valence-electron chi connectivity index (χ1n) is 9.09. The van der Waals surface area contributed by atoms with Gasteiger partial charge in [0.25, 0.3) is 5.69 Å². The Hall–Kier alpha value is -2.48. The Morgan fingerprint density at radius 2 is 1.25 bits per heavy atom. The minimum absolute atomic E-state index is 0.0798. The molecule has 0 aliphatic rings. The SMILES string of the molecule is CN(C)c1ccc(C#Cc2cc(Br)c(C#Cc3ccc([N+](=O)[O-])cc3Cl)cc2Br)c(Cl)c1. The van der Waals surface area contributed by atoms with Crippen molar-refractivity contribution in [2.75, 3.05) is 19.0 Å². The molecule has 0 aromatic heterocycles. The number of non-ortho nitro benzene ring substituents is 1. The summed E-state index contributed by atoms with van der Waals surface area (Å²) >= 11 is 19.5. The van der Waals surface area contributed by atoms with Gasteiger partial charge in [-0.05, 0) is 68.3 Å². The van der Waals surface area contributed by atoms with Crippen molar-refractivity contribution in [3.05, 3.63) is 99.9 Å². The predicted molar refractivity (Wildman–Crippen MR) is 138 cm³/mol. The summed E-state index contributed by atoms with van der Waals surface area (Å²) in [5.41, 5.74) is 3.63. The fraction of sp³-hybridized carbons (Fsp3) is 0.0833. The summed E-state index contributed by atoms with van der Waals surface area (Å²) in [6.45, 7) is 0. The second-order valence-electron chi connectivity index (χ2n) is 6.79. The van der Waals surface area contributed by atoms with Crippen LogP contribution in [0.3, 0.4) is 0 Å². The third-order valence-corrected chi connectivity index (χ3v) is 6.29. The zero-order valence-electron chi connectivity index (χ0n) is 16.8. The lowest BCUT2D eigenvalue weighted by Gasteiger charge is -2.12. The third kappa shape index (κ3) is 5.85. The molecular weight excluding hydrogens is 579 g/mol. The first-order valence-corrected chi connectivity index (χ1v) is 11.4. The van der Waals surface area contributed by atoms with Crippen LogP contribution < -0.4 is 4.90 Å².